The van der Waals surface area contributed by atoms with Crippen LogP contribution in [0.5, 0.6) is 0 Å². The maximum atomic E-state index is 12.2. The topological polar surface area (TPSA) is 74.2 Å². The Morgan fingerprint density at radius 3 is 2.65 bits per heavy atom. The van der Waals surface area contributed by atoms with Gasteiger partial charge < -0.3 is 15.2 Å². The van der Waals surface area contributed by atoms with Crippen molar-refractivity contribution < 1.29 is 14.6 Å². The number of hydrogen-bond donors (Lipinski definition) is 2. The summed E-state index contributed by atoms with van der Waals surface area (Å²) in [4.78, 5) is 18.3. The highest BCUT2D eigenvalue weighted by atomic mass is 16.6. The van der Waals surface area contributed by atoms with Crippen molar-refractivity contribution in [3.63, 3.8) is 0 Å². The smallest absolute Gasteiger partial charge is 0.410 e. The van der Waals surface area contributed by atoms with Crippen molar-refractivity contribution in [1.29, 1.82) is 0 Å². The first-order valence-corrected chi connectivity index (χ1v) is 8.70. The van der Waals surface area contributed by atoms with Gasteiger partial charge in [-0.1, -0.05) is 19.3 Å². The number of nitrogens with one attached hydrogen (secondary N) is 1. The average Bonchev–Trinajstić information content (AvgIpc) is 2.52. The number of carbonyl (C=O) groups is 1. The van der Waals surface area contributed by atoms with Gasteiger partial charge in [-0.3, -0.25) is 9.89 Å². The minimum atomic E-state index is -0.484. The normalized spacial score (nSPS) is 21.6. The molecule has 0 aromatic carbocycles. The molecule has 1 heterocycles. The van der Waals surface area contributed by atoms with Crippen molar-refractivity contribution in [2.75, 3.05) is 32.8 Å². The van der Waals surface area contributed by atoms with E-state index >= 15 is 0 Å². The first-order valence-electron chi connectivity index (χ1n) is 8.70. The summed E-state index contributed by atoms with van der Waals surface area (Å²) >= 11 is 0. The van der Waals surface area contributed by atoms with Crippen molar-refractivity contribution >= 4 is 11.9 Å². The van der Waals surface area contributed by atoms with E-state index in [1.807, 2.05) is 20.8 Å². The van der Waals surface area contributed by atoms with E-state index in [-0.39, 0.29) is 18.1 Å². The zero-order valence-corrected chi connectivity index (χ0v) is 14.7. The number of amides is 1. The minimum Gasteiger partial charge on any atom is -0.444 e. The third-order valence-electron chi connectivity index (χ3n) is 4.58. The first kappa shape index (κ1) is 18.0. The van der Waals surface area contributed by atoms with Gasteiger partial charge in [0, 0.05) is 18.5 Å². The summed E-state index contributed by atoms with van der Waals surface area (Å²) in [5.41, 5.74) is -0.517. The Morgan fingerprint density at radius 2 is 2.04 bits per heavy atom. The molecule has 2 aliphatic rings. The number of ether oxygens (including phenoxy) is 1. The fourth-order valence-corrected chi connectivity index (χ4v) is 3.19. The molecule has 1 fully saturated rings. The van der Waals surface area contributed by atoms with Gasteiger partial charge in [0.05, 0.1) is 19.7 Å². The van der Waals surface area contributed by atoms with Gasteiger partial charge in [0.1, 0.15) is 11.4 Å². The van der Waals surface area contributed by atoms with Crippen LogP contribution in [0.1, 0.15) is 52.9 Å². The molecule has 0 aromatic heterocycles. The van der Waals surface area contributed by atoms with Crippen LogP contribution in [-0.2, 0) is 4.74 Å². The van der Waals surface area contributed by atoms with E-state index < -0.39 is 5.60 Å². The van der Waals surface area contributed by atoms with Crippen molar-refractivity contribution in [2.24, 2.45) is 10.4 Å². The molecule has 1 aliphatic heterocycles. The molecule has 0 bridgehead atoms. The van der Waals surface area contributed by atoms with Crippen LogP contribution in [0, 0.1) is 5.41 Å². The highest BCUT2D eigenvalue weighted by Crippen LogP contribution is 2.35. The Morgan fingerprint density at radius 1 is 1.35 bits per heavy atom. The molecule has 0 radical (unpaired) electrons. The largest absolute Gasteiger partial charge is 0.444 e. The van der Waals surface area contributed by atoms with E-state index in [2.05, 4.69) is 10.3 Å². The zero-order valence-electron chi connectivity index (χ0n) is 14.7. The Hall–Kier alpha value is -1.30. The van der Waals surface area contributed by atoms with Crippen molar-refractivity contribution in [2.45, 2.75) is 58.5 Å². The second-order valence-corrected chi connectivity index (χ2v) is 7.80. The predicted molar refractivity (Wildman–Crippen MR) is 90.7 cm³/mol. The summed E-state index contributed by atoms with van der Waals surface area (Å²) in [7, 11) is 0. The molecule has 2 N–H and O–H groups in total. The molecular weight excluding hydrogens is 294 g/mol. The Balaban J connectivity index is 1.86. The molecule has 0 saturated heterocycles. The number of aliphatic imine (C=N–C) groups is 1. The summed E-state index contributed by atoms with van der Waals surface area (Å²) in [5, 5.41) is 13.1. The molecule has 132 valence electrons. The number of aliphatic hydroxyl groups is 1. The molecule has 23 heavy (non-hydrogen) atoms. The summed E-state index contributed by atoms with van der Waals surface area (Å²) in [6.45, 7) is 8.19. The lowest BCUT2D eigenvalue weighted by Crippen LogP contribution is -2.50. The molecule has 0 unspecified atom stereocenters. The third kappa shape index (κ3) is 5.37. The van der Waals surface area contributed by atoms with Crippen molar-refractivity contribution in [3.05, 3.63) is 0 Å². The maximum absolute atomic E-state index is 12.2. The van der Waals surface area contributed by atoms with E-state index in [1.165, 1.54) is 19.3 Å². The predicted octanol–water partition coefficient (Wildman–Crippen LogP) is 2.17. The van der Waals surface area contributed by atoms with Crippen LogP contribution >= 0.6 is 0 Å². The maximum Gasteiger partial charge on any atom is 0.410 e. The second kappa shape index (κ2) is 7.51. The number of amidine groups is 1. The van der Waals surface area contributed by atoms with Crippen LogP contribution in [0.3, 0.4) is 0 Å². The monoisotopic (exact) mass is 325 g/mol. The number of carbonyl (C=O) groups excluding carboxylic acids is 1. The molecule has 1 saturated carbocycles. The highest BCUT2D eigenvalue weighted by Gasteiger charge is 2.32. The van der Waals surface area contributed by atoms with Crippen LogP contribution in [0.15, 0.2) is 4.99 Å². The quantitative estimate of drug-likeness (QED) is 0.834. The number of nitrogens with zero attached hydrogens (tertiary/aromatic N) is 2. The fourth-order valence-electron chi connectivity index (χ4n) is 3.19. The second-order valence-electron chi connectivity index (χ2n) is 7.80. The van der Waals surface area contributed by atoms with Crippen LogP contribution in [0.25, 0.3) is 0 Å². The molecule has 1 aliphatic carbocycles. The van der Waals surface area contributed by atoms with Crippen LogP contribution in [0.4, 0.5) is 4.79 Å². The summed E-state index contributed by atoms with van der Waals surface area (Å²) in [6, 6.07) is 0. The molecule has 0 aromatic rings. The van der Waals surface area contributed by atoms with Gasteiger partial charge in [0.25, 0.3) is 0 Å². The minimum absolute atomic E-state index is 0.0328. The number of hydrogen-bond acceptors (Lipinski definition) is 5. The van der Waals surface area contributed by atoms with E-state index in [0.717, 1.165) is 25.2 Å². The lowest BCUT2D eigenvalue weighted by Gasteiger charge is -2.37. The number of aliphatic hydroxyl groups excluding tert-OH is 1. The standard InChI is InChI=1S/C17H31N3O3/c1-16(2,3)23-15(22)20-10-9-18-14(11-20)19-12-17(13-21)7-5-4-6-8-17/h21H,4-13H2,1-3H3,(H,18,19). The van der Waals surface area contributed by atoms with Gasteiger partial charge in [-0.2, -0.15) is 0 Å². The van der Waals surface area contributed by atoms with Gasteiger partial charge in [0.15, 0.2) is 0 Å². The summed E-state index contributed by atoms with van der Waals surface area (Å²) in [6.07, 6.45) is 5.44. The van der Waals surface area contributed by atoms with E-state index in [0.29, 0.717) is 19.6 Å². The van der Waals surface area contributed by atoms with Crippen LogP contribution in [0.2, 0.25) is 0 Å². The fraction of sp³-hybridized carbons (Fsp3) is 0.882. The zero-order chi connectivity index (χ0) is 16.9. The highest BCUT2D eigenvalue weighted by molar-refractivity contribution is 5.87. The lowest BCUT2D eigenvalue weighted by molar-refractivity contribution is 0.0275. The van der Waals surface area contributed by atoms with Gasteiger partial charge in [-0.05, 0) is 33.6 Å². The molecule has 0 atom stereocenters. The lowest BCUT2D eigenvalue weighted by atomic mass is 9.74. The van der Waals surface area contributed by atoms with E-state index in [1.54, 1.807) is 4.90 Å². The number of rotatable bonds is 3. The van der Waals surface area contributed by atoms with Crippen molar-refractivity contribution in [3.8, 4) is 0 Å². The molecule has 6 nitrogen and oxygen atoms in total. The van der Waals surface area contributed by atoms with Gasteiger partial charge in [-0.15, -0.1) is 0 Å². The molecule has 6 heteroatoms. The SMILES string of the molecule is CC(C)(C)OC(=O)N1CCN=C(NCC2(CO)CCCCC2)C1. The van der Waals surface area contributed by atoms with E-state index in [9.17, 15) is 9.90 Å². The Bertz CT molecular complexity index is 437. The molecule has 1 amide bonds. The Labute approximate surface area is 139 Å². The third-order valence-corrected chi connectivity index (χ3v) is 4.58. The summed E-state index contributed by atoms with van der Waals surface area (Å²) < 4.78 is 5.43. The first-order chi connectivity index (χ1) is 10.8. The van der Waals surface area contributed by atoms with E-state index in [4.69, 9.17) is 4.74 Å². The Kier molecular flexibility index (Phi) is 5.89. The summed E-state index contributed by atoms with van der Waals surface area (Å²) in [5.74, 6) is 0.820. The molecular formula is C17H31N3O3. The molecule has 0 spiro atoms. The molecule has 2 rings (SSSR count). The van der Waals surface area contributed by atoms with Crippen LogP contribution in [-0.4, -0.2) is 60.3 Å². The van der Waals surface area contributed by atoms with Crippen LogP contribution < -0.4 is 5.32 Å². The van der Waals surface area contributed by atoms with Gasteiger partial charge >= 0.3 is 6.09 Å². The van der Waals surface area contributed by atoms with Gasteiger partial charge in [0.2, 0.25) is 0 Å². The van der Waals surface area contributed by atoms with Gasteiger partial charge in [-0.25, -0.2) is 4.79 Å². The van der Waals surface area contributed by atoms with Crippen molar-refractivity contribution in [1.82, 2.24) is 10.2 Å². The average molecular weight is 325 g/mol.